The summed E-state index contributed by atoms with van der Waals surface area (Å²) in [7, 11) is -4.38. The van der Waals surface area contributed by atoms with Crippen molar-refractivity contribution in [3.8, 4) is 11.1 Å². The molecule has 0 fully saturated rings. The van der Waals surface area contributed by atoms with Gasteiger partial charge in [0.2, 0.25) is 0 Å². The van der Waals surface area contributed by atoms with Crippen molar-refractivity contribution in [2.24, 2.45) is 0 Å². The van der Waals surface area contributed by atoms with Crippen molar-refractivity contribution in [2.45, 2.75) is 0 Å². The second-order valence-electron chi connectivity index (χ2n) is 3.29. The molecule has 0 spiro atoms. The zero-order chi connectivity index (χ0) is 13.4. The molecule has 0 aliphatic rings. The quantitative estimate of drug-likeness (QED) is 0.828. The fourth-order valence-corrected chi connectivity index (χ4v) is 1.26. The molecule has 4 nitrogen and oxygen atoms in total. The van der Waals surface area contributed by atoms with Crippen molar-refractivity contribution in [3.63, 3.8) is 0 Å². The van der Waals surface area contributed by atoms with Crippen LogP contribution in [0.1, 0.15) is 0 Å². The molecule has 6 heteroatoms. The molecular weight excluding hydrogens is 275 g/mol. The van der Waals surface area contributed by atoms with Crippen LogP contribution >= 0.6 is 19.7 Å². The predicted octanol–water partition coefficient (Wildman–Crippen LogP) is 3.60. The highest BCUT2D eigenvalue weighted by Crippen LogP contribution is 2.36. The van der Waals surface area contributed by atoms with E-state index in [-0.39, 0.29) is 0 Å². The average molecular weight is 287 g/mol. The lowest BCUT2D eigenvalue weighted by molar-refractivity contribution is 0.292. The van der Waals surface area contributed by atoms with Gasteiger partial charge in [-0.1, -0.05) is 60.7 Å². The smallest absolute Gasteiger partial charge is 0.302 e. The van der Waals surface area contributed by atoms with Crippen LogP contribution in [0.4, 0.5) is 0 Å². The molecular formula is C12H12ClO4P. The van der Waals surface area contributed by atoms with Gasteiger partial charge in [0.15, 0.2) is 0 Å². The van der Waals surface area contributed by atoms with Crippen molar-refractivity contribution < 1.29 is 18.4 Å². The summed E-state index contributed by atoms with van der Waals surface area (Å²) in [6, 6.07) is 20.8. The maximum absolute atomic E-state index is 9.34. The molecule has 18 heavy (non-hydrogen) atoms. The number of rotatable bonds is 2. The first-order chi connectivity index (χ1) is 8.53. The fraction of sp³-hybridized carbons (Fsp3) is 0. The molecule has 0 unspecified atom stereocenters. The number of benzene rings is 2. The average Bonchev–Trinajstić information content (AvgIpc) is 2.41. The lowest BCUT2D eigenvalue weighted by Crippen LogP contribution is -1.73. The molecule has 0 radical (unpaired) electrons. The van der Waals surface area contributed by atoms with Gasteiger partial charge in [-0.3, -0.25) is 0 Å². The van der Waals surface area contributed by atoms with Gasteiger partial charge in [-0.2, -0.15) is 4.08 Å². The van der Waals surface area contributed by atoms with Gasteiger partial charge in [0.25, 0.3) is 0 Å². The first-order valence-corrected chi connectivity index (χ1v) is 6.83. The standard InChI is InChI=1S/C12H10.ClH2O4P/c1-3-7-11(8-4-1)12-9-5-2-6-10-12;1-5-6(2,3)4/h1-10H;(H2,2,3,4). The first-order valence-electron chi connectivity index (χ1n) is 4.99. The minimum atomic E-state index is -4.38. The summed E-state index contributed by atoms with van der Waals surface area (Å²) >= 11 is 4.21. The van der Waals surface area contributed by atoms with Crippen molar-refractivity contribution in [1.82, 2.24) is 0 Å². The molecule has 0 aromatic heterocycles. The van der Waals surface area contributed by atoms with Gasteiger partial charge >= 0.3 is 7.82 Å². The molecule has 2 N–H and O–H groups in total. The van der Waals surface area contributed by atoms with Crippen LogP contribution < -0.4 is 0 Å². The molecule has 2 aromatic rings. The highest BCUT2D eigenvalue weighted by molar-refractivity contribution is 7.47. The van der Waals surface area contributed by atoms with Crippen molar-refractivity contribution in [1.29, 1.82) is 0 Å². The van der Waals surface area contributed by atoms with Gasteiger partial charge in [-0.15, -0.1) is 0 Å². The Bertz CT molecular complexity index is 461. The van der Waals surface area contributed by atoms with Gasteiger partial charge < -0.3 is 9.79 Å². The van der Waals surface area contributed by atoms with Crippen LogP contribution in [0.25, 0.3) is 11.1 Å². The molecule has 96 valence electrons. The Morgan fingerprint density at radius 1 is 0.833 bits per heavy atom. The van der Waals surface area contributed by atoms with E-state index in [2.05, 4.69) is 64.5 Å². The van der Waals surface area contributed by atoms with Crippen molar-refractivity contribution in [3.05, 3.63) is 60.7 Å². The SMILES string of the molecule is O=P(O)(O)OCl.c1ccc(-c2ccccc2)cc1. The van der Waals surface area contributed by atoms with E-state index in [0.29, 0.717) is 0 Å². The summed E-state index contributed by atoms with van der Waals surface area (Å²) in [6.07, 6.45) is 0. The summed E-state index contributed by atoms with van der Waals surface area (Å²) in [5.41, 5.74) is 2.55. The van der Waals surface area contributed by atoms with E-state index in [9.17, 15) is 4.57 Å². The predicted molar refractivity (Wildman–Crippen MR) is 70.9 cm³/mol. The fourth-order valence-electron chi connectivity index (χ4n) is 1.26. The largest absolute Gasteiger partial charge is 0.486 e. The van der Waals surface area contributed by atoms with Gasteiger partial charge in [0.05, 0.1) is 11.9 Å². The van der Waals surface area contributed by atoms with Crippen LogP contribution in [0, 0.1) is 0 Å². The van der Waals surface area contributed by atoms with Gasteiger partial charge in [0, 0.05) is 0 Å². The summed E-state index contributed by atoms with van der Waals surface area (Å²) in [5, 5.41) is 0. The van der Waals surface area contributed by atoms with Gasteiger partial charge in [-0.05, 0) is 11.1 Å². The molecule has 0 amide bonds. The maximum atomic E-state index is 9.34. The maximum Gasteiger partial charge on any atom is 0.486 e. The molecule has 0 bridgehead atoms. The number of hydrogen-bond acceptors (Lipinski definition) is 2. The Balaban J connectivity index is 0.000000232. The van der Waals surface area contributed by atoms with Crippen LogP contribution in [0.3, 0.4) is 0 Å². The zero-order valence-corrected chi connectivity index (χ0v) is 11.0. The topological polar surface area (TPSA) is 66.8 Å². The zero-order valence-electron chi connectivity index (χ0n) is 9.31. The molecule has 0 saturated heterocycles. The molecule has 2 rings (SSSR count). The second kappa shape index (κ2) is 7.31. The lowest BCUT2D eigenvalue weighted by atomic mass is 10.1. The minimum absolute atomic E-state index is 1.28. The monoisotopic (exact) mass is 286 g/mol. The highest BCUT2D eigenvalue weighted by atomic mass is 35.5. The van der Waals surface area contributed by atoms with E-state index in [1.54, 1.807) is 0 Å². The van der Waals surface area contributed by atoms with Gasteiger partial charge in [0.1, 0.15) is 0 Å². The highest BCUT2D eigenvalue weighted by Gasteiger charge is 2.10. The minimum Gasteiger partial charge on any atom is -0.302 e. The van der Waals surface area contributed by atoms with Gasteiger partial charge in [-0.25, -0.2) is 4.57 Å². The van der Waals surface area contributed by atoms with Crippen LogP contribution in [-0.4, -0.2) is 9.79 Å². The Hall–Kier alpha value is -1.16. The van der Waals surface area contributed by atoms with Crippen LogP contribution in [0.5, 0.6) is 0 Å². The van der Waals surface area contributed by atoms with Crippen molar-refractivity contribution >= 4 is 19.7 Å². The molecule has 0 heterocycles. The summed E-state index contributed by atoms with van der Waals surface area (Å²) in [5.74, 6) is 0. The van der Waals surface area contributed by atoms with E-state index in [4.69, 9.17) is 9.79 Å². The Kier molecular flexibility index (Phi) is 6.05. The Labute approximate surface area is 110 Å². The van der Waals surface area contributed by atoms with E-state index in [0.717, 1.165) is 0 Å². The van der Waals surface area contributed by atoms with Crippen LogP contribution in [0.15, 0.2) is 60.7 Å². The molecule has 0 aliphatic carbocycles. The third-order valence-corrected chi connectivity index (χ3v) is 2.69. The third kappa shape index (κ3) is 5.96. The number of hydrogen-bond donors (Lipinski definition) is 2. The van der Waals surface area contributed by atoms with E-state index in [1.165, 1.54) is 11.1 Å². The molecule has 0 atom stereocenters. The number of halogens is 1. The van der Waals surface area contributed by atoms with Crippen LogP contribution in [-0.2, 0) is 8.64 Å². The normalized spacial score (nSPS) is 10.4. The summed E-state index contributed by atoms with van der Waals surface area (Å²) < 4.78 is 12.4. The second-order valence-corrected chi connectivity index (χ2v) is 4.82. The summed E-state index contributed by atoms with van der Waals surface area (Å²) in [4.78, 5) is 15.2. The lowest BCUT2D eigenvalue weighted by Gasteiger charge is -1.98. The molecule has 0 saturated carbocycles. The number of phosphoric acid groups is 1. The van der Waals surface area contributed by atoms with E-state index in [1.807, 2.05) is 12.1 Å². The van der Waals surface area contributed by atoms with Crippen molar-refractivity contribution in [2.75, 3.05) is 0 Å². The van der Waals surface area contributed by atoms with Crippen LogP contribution in [0.2, 0.25) is 0 Å². The molecule has 2 aromatic carbocycles. The third-order valence-electron chi connectivity index (χ3n) is 1.97. The van der Waals surface area contributed by atoms with E-state index < -0.39 is 7.82 Å². The van der Waals surface area contributed by atoms with E-state index >= 15 is 0 Å². The molecule has 0 aliphatic heterocycles. The Morgan fingerprint density at radius 2 is 1.11 bits per heavy atom. The Morgan fingerprint density at radius 3 is 1.33 bits per heavy atom. The summed E-state index contributed by atoms with van der Waals surface area (Å²) in [6.45, 7) is 0. The first kappa shape index (κ1) is 14.9.